The van der Waals surface area contributed by atoms with Crippen LogP contribution >= 0.6 is 0 Å². The summed E-state index contributed by atoms with van der Waals surface area (Å²) in [5, 5.41) is 6.52. The fourth-order valence-corrected chi connectivity index (χ4v) is 4.87. The average Bonchev–Trinajstić information content (AvgIpc) is 3.35. The molecule has 0 radical (unpaired) electrons. The first-order valence-electron chi connectivity index (χ1n) is 13.2. The van der Waals surface area contributed by atoms with Gasteiger partial charge in [-0.1, -0.05) is 30.3 Å². The highest BCUT2D eigenvalue weighted by Crippen LogP contribution is 2.36. The molecule has 6 nitrogen and oxygen atoms in total. The summed E-state index contributed by atoms with van der Waals surface area (Å²) >= 11 is 0. The van der Waals surface area contributed by atoms with E-state index in [-0.39, 0.29) is 17.6 Å². The summed E-state index contributed by atoms with van der Waals surface area (Å²) in [6.07, 6.45) is 8.73. The van der Waals surface area contributed by atoms with Crippen molar-refractivity contribution in [1.29, 1.82) is 0 Å². The van der Waals surface area contributed by atoms with E-state index in [1.54, 1.807) is 5.01 Å². The number of benzene rings is 2. The summed E-state index contributed by atoms with van der Waals surface area (Å²) in [6.45, 7) is 12.4. The molecule has 1 aliphatic heterocycles. The summed E-state index contributed by atoms with van der Waals surface area (Å²) < 4.78 is 0. The first-order chi connectivity index (χ1) is 18.0. The van der Waals surface area contributed by atoms with Crippen LogP contribution in [0.3, 0.4) is 0 Å². The van der Waals surface area contributed by atoms with E-state index in [1.807, 2.05) is 6.08 Å². The van der Waals surface area contributed by atoms with Gasteiger partial charge >= 0.3 is 0 Å². The molecule has 0 fully saturated rings. The van der Waals surface area contributed by atoms with E-state index < -0.39 is 0 Å². The molecular formula is C31H36N4O2. The number of allylic oxidation sites excluding steroid dienone is 4. The normalized spacial score (nSPS) is 17.4. The third-order valence-electron chi connectivity index (χ3n) is 7.01. The molecule has 1 unspecified atom stereocenters. The maximum absolute atomic E-state index is 12.7. The SMILES string of the molecule is CCN(CC)c1ccc(C=CC2=NN(C3=CC(=O)C=CC3=O)C(c3ccc(N(CC)CC)cc3)C2)cc1. The lowest BCUT2D eigenvalue weighted by Crippen LogP contribution is -2.26. The van der Waals surface area contributed by atoms with E-state index in [0.717, 1.165) is 43.0 Å². The second-order valence-corrected chi connectivity index (χ2v) is 9.15. The Labute approximate surface area is 220 Å². The topological polar surface area (TPSA) is 56.2 Å². The Bertz CT molecular complexity index is 1230. The molecule has 37 heavy (non-hydrogen) atoms. The predicted octanol–water partition coefficient (Wildman–Crippen LogP) is 5.79. The number of carbonyl (C=O) groups excluding carboxylic acids is 2. The van der Waals surface area contributed by atoms with Crippen LogP contribution in [0.25, 0.3) is 6.08 Å². The van der Waals surface area contributed by atoms with Crippen molar-refractivity contribution < 1.29 is 9.59 Å². The monoisotopic (exact) mass is 496 g/mol. The van der Waals surface area contributed by atoms with Crippen molar-refractivity contribution in [3.63, 3.8) is 0 Å². The number of anilines is 2. The average molecular weight is 497 g/mol. The van der Waals surface area contributed by atoms with Crippen LogP contribution in [0.15, 0.2) is 83.6 Å². The van der Waals surface area contributed by atoms with Gasteiger partial charge < -0.3 is 9.80 Å². The molecule has 2 aliphatic rings. The van der Waals surface area contributed by atoms with Crippen LogP contribution in [0.2, 0.25) is 0 Å². The predicted molar refractivity (Wildman–Crippen MR) is 153 cm³/mol. The Kier molecular flexibility index (Phi) is 8.39. The molecule has 0 saturated carbocycles. The van der Waals surface area contributed by atoms with Crippen molar-refractivity contribution in [2.45, 2.75) is 40.2 Å². The lowest BCUT2D eigenvalue weighted by atomic mass is 9.99. The highest BCUT2D eigenvalue weighted by atomic mass is 16.1. The molecule has 6 heteroatoms. The molecule has 1 heterocycles. The molecular weight excluding hydrogens is 460 g/mol. The minimum absolute atomic E-state index is 0.162. The van der Waals surface area contributed by atoms with Gasteiger partial charge in [-0.05, 0) is 81.3 Å². The van der Waals surface area contributed by atoms with Gasteiger partial charge in [0.25, 0.3) is 0 Å². The van der Waals surface area contributed by atoms with Gasteiger partial charge in [0.05, 0.1) is 11.8 Å². The van der Waals surface area contributed by atoms with Crippen LogP contribution in [0.4, 0.5) is 11.4 Å². The minimum Gasteiger partial charge on any atom is -0.372 e. The van der Waals surface area contributed by atoms with E-state index >= 15 is 0 Å². The zero-order valence-corrected chi connectivity index (χ0v) is 22.2. The summed E-state index contributed by atoms with van der Waals surface area (Å²) in [5.74, 6) is -0.400. The molecule has 0 spiro atoms. The molecule has 0 N–H and O–H groups in total. The standard InChI is InChI=1S/C31H36N4O2/c1-5-33(6-2)26-15-10-23(11-16-26)9-14-25-21-29(24-12-17-27(18-13-24)34(7-3)8-4)35(32-25)30-22-28(36)19-20-31(30)37/h9-20,22,29H,5-8,21H2,1-4H3. The summed E-state index contributed by atoms with van der Waals surface area (Å²) in [6, 6.07) is 16.8. The van der Waals surface area contributed by atoms with Gasteiger partial charge in [-0.3, -0.25) is 14.6 Å². The molecule has 4 rings (SSSR count). The fraction of sp³-hybridized carbons (Fsp3) is 0.323. The molecule has 1 aliphatic carbocycles. The van der Waals surface area contributed by atoms with Crippen LogP contribution in [0.1, 0.15) is 51.3 Å². The molecule has 2 aromatic carbocycles. The van der Waals surface area contributed by atoms with Crippen LogP contribution in [-0.2, 0) is 9.59 Å². The highest BCUT2D eigenvalue weighted by Gasteiger charge is 2.33. The summed E-state index contributed by atoms with van der Waals surface area (Å²) in [7, 11) is 0. The van der Waals surface area contributed by atoms with E-state index in [9.17, 15) is 9.59 Å². The first-order valence-corrected chi connectivity index (χ1v) is 13.2. The van der Waals surface area contributed by atoms with Crippen LogP contribution in [-0.4, -0.2) is 48.5 Å². The van der Waals surface area contributed by atoms with Crippen molar-refractivity contribution in [3.05, 3.63) is 89.7 Å². The van der Waals surface area contributed by atoms with Crippen molar-refractivity contribution in [2.24, 2.45) is 5.10 Å². The number of hydrogen-bond acceptors (Lipinski definition) is 6. The molecule has 192 valence electrons. The van der Waals surface area contributed by atoms with Crippen LogP contribution in [0, 0.1) is 0 Å². The van der Waals surface area contributed by atoms with Gasteiger partial charge in [0.15, 0.2) is 5.78 Å². The minimum atomic E-state index is -0.203. The van der Waals surface area contributed by atoms with E-state index in [4.69, 9.17) is 5.10 Å². The maximum Gasteiger partial charge on any atom is 0.204 e. The Morgan fingerprint density at radius 3 is 1.95 bits per heavy atom. The van der Waals surface area contributed by atoms with Gasteiger partial charge in [0.2, 0.25) is 5.78 Å². The van der Waals surface area contributed by atoms with Crippen molar-refractivity contribution in [3.8, 4) is 0 Å². The Morgan fingerprint density at radius 2 is 1.38 bits per heavy atom. The zero-order valence-electron chi connectivity index (χ0n) is 22.2. The van der Waals surface area contributed by atoms with E-state index in [0.29, 0.717) is 12.1 Å². The third kappa shape index (κ3) is 5.91. The van der Waals surface area contributed by atoms with Crippen molar-refractivity contribution in [1.82, 2.24) is 5.01 Å². The fourth-order valence-electron chi connectivity index (χ4n) is 4.87. The van der Waals surface area contributed by atoms with Gasteiger partial charge in [0, 0.05) is 50.1 Å². The molecule has 1 atom stereocenters. The lowest BCUT2D eigenvalue weighted by molar-refractivity contribution is -0.115. The number of nitrogens with zero attached hydrogens (tertiary/aromatic N) is 4. The molecule has 0 bridgehead atoms. The Balaban J connectivity index is 1.60. The number of rotatable bonds is 10. The second-order valence-electron chi connectivity index (χ2n) is 9.15. The Hall–Kier alpha value is -3.93. The van der Waals surface area contributed by atoms with Gasteiger partial charge in [0.1, 0.15) is 5.70 Å². The number of ketones is 2. The molecule has 0 aromatic heterocycles. The third-order valence-corrected chi connectivity index (χ3v) is 7.01. The van der Waals surface area contributed by atoms with Crippen molar-refractivity contribution >= 4 is 34.7 Å². The van der Waals surface area contributed by atoms with Gasteiger partial charge in [-0.15, -0.1) is 0 Å². The lowest BCUT2D eigenvalue weighted by Gasteiger charge is -2.27. The van der Waals surface area contributed by atoms with E-state index in [1.165, 1.54) is 29.6 Å². The molecule has 0 amide bonds. The first kappa shape index (κ1) is 26.1. The van der Waals surface area contributed by atoms with Crippen LogP contribution < -0.4 is 9.80 Å². The number of hydrogen-bond donors (Lipinski definition) is 0. The van der Waals surface area contributed by atoms with E-state index in [2.05, 4.69) is 92.1 Å². The smallest absolute Gasteiger partial charge is 0.204 e. The van der Waals surface area contributed by atoms with Crippen molar-refractivity contribution in [2.75, 3.05) is 36.0 Å². The summed E-state index contributed by atoms with van der Waals surface area (Å²) in [5.41, 5.74) is 5.70. The zero-order chi connectivity index (χ0) is 26.4. The quantitative estimate of drug-likeness (QED) is 0.390. The summed E-state index contributed by atoms with van der Waals surface area (Å²) in [4.78, 5) is 29.4. The highest BCUT2D eigenvalue weighted by molar-refractivity contribution is 6.17. The second kappa shape index (κ2) is 11.9. The number of carbonyl (C=O) groups is 2. The molecule has 2 aromatic rings. The number of hydrazone groups is 1. The Morgan fingerprint density at radius 1 is 0.811 bits per heavy atom. The van der Waals surface area contributed by atoms with Crippen LogP contribution in [0.5, 0.6) is 0 Å². The van der Waals surface area contributed by atoms with Gasteiger partial charge in [-0.25, -0.2) is 0 Å². The maximum atomic E-state index is 12.7. The molecule has 0 saturated heterocycles. The van der Waals surface area contributed by atoms with Gasteiger partial charge in [-0.2, -0.15) is 5.10 Å². The largest absolute Gasteiger partial charge is 0.372 e.